The van der Waals surface area contributed by atoms with Gasteiger partial charge in [0.05, 0.1) is 11.7 Å². The minimum Gasteiger partial charge on any atom is -0.338 e. The Labute approximate surface area is 149 Å². The highest BCUT2D eigenvalue weighted by atomic mass is 16.2. The summed E-state index contributed by atoms with van der Waals surface area (Å²) in [7, 11) is 1.95. The average Bonchev–Trinajstić information content (AvgIpc) is 2.79. The quantitative estimate of drug-likeness (QED) is 0.846. The molecule has 1 aromatic heterocycles. The van der Waals surface area contributed by atoms with Gasteiger partial charge >= 0.3 is 6.03 Å². The Bertz CT molecular complexity index is 719. The van der Waals surface area contributed by atoms with Crippen molar-refractivity contribution in [2.24, 2.45) is 13.0 Å². The number of hydrogen-bond donors (Lipinski definition) is 2. The van der Waals surface area contributed by atoms with E-state index in [0.29, 0.717) is 12.5 Å². The summed E-state index contributed by atoms with van der Waals surface area (Å²) in [6.45, 7) is 4.70. The van der Waals surface area contributed by atoms with Gasteiger partial charge in [0.1, 0.15) is 0 Å². The van der Waals surface area contributed by atoms with Crippen LogP contribution in [-0.2, 0) is 13.5 Å². The molecule has 5 nitrogen and oxygen atoms in total. The Kier molecular flexibility index (Phi) is 5.41. The third-order valence-corrected chi connectivity index (χ3v) is 5.39. The number of carbonyl (C=O) groups is 1. The molecule has 25 heavy (non-hydrogen) atoms. The minimum absolute atomic E-state index is 0.0834. The van der Waals surface area contributed by atoms with Gasteiger partial charge in [-0.05, 0) is 50.2 Å². The molecule has 0 spiro atoms. The lowest BCUT2D eigenvalue weighted by Gasteiger charge is -2.34. The number of carbonyl (C=O) groups excluding carboxylic acids is 1. The van der Waals surface area contributed by atoms with Crippen LogP contribution in [0.2, 0.25) is 0 Å². The number of rotatable bonds is 6. The monoisotopic (exact) mass is 340 g/mol. The van der Waals surface area contributed by atoms with E-state index in [1.807, 2.05) is 36.9 Å². The summed E-state index contributed by atoms with van der Waals surface area (Å²) in [6.07, 6.45) is 4.44. The highest BCUT2D eigenvalue weighted by Gasteiger charge is 2.29. The molecule has 1 saturated carbocycles. The summed E-state index contributed by atoms with van der Waals surface area (Å²) in [4.78, 5) is 12.4. The van der Waals surface area contributed by atoms with Crippen LogP contribution >= 0.6 is 0 Å². The van der Waals surface area contributed by atoms with E-state index in [4.69, 9.17) is 0 Å². The molecule has 5 heteroatoms. The zero-order valence-electron chi connectivity index (χ0n) is 15.4. The molecule has 2 amide bonds. The molecule has 0 aliphatic heterocycles. The maximum atomic E-state index is 12.4. The summed E-state index contributed by atoms with van der Waals surface area (Å²) < 4.78 is 1.90. The molecule has 1 atom stereocenters. The molecule has 3 rings (SSSR count). The Hall–Kier alpha value is -2.30. The Balaban J connectivity index is 1.55. The third-order valence-electron chi connectivity index (χ3n) is 5.39. The predicted molar refractivity (Wildman–Crippen MR) is 99.4 cm³/mol. The van der Waals surface area contributed by atoms with Crippen molar-refractivity contribution in [1.82, 2.24) is 20.4 Å². The minimum atomic E-state index is -0.0834. The van der Waals surface area contributed by atoms with Crippen molar-refractivity contribution in [3.05, 3.63) is 52.8 Å². The van der Waals surface area contributed by atoms with Crippen molar-refractivity contribution in [2.45, 2.75) is 45.6 Å². The number of nitrogens with zero attached hydrogens (tertiary/aromatic N) is 2. The highest BCUT2D eigenvalue weighted by molar-refractivity contribution is 5.74. The van der Waals surface area contributed by atoms with Crippen LogP contribution < -0.4 is 10.6 Å². The summed E-state index contributed by atoms with van der Waals surface area (Å²) in [6, 6.07) is 10.3. The van der Waals surface area contributed by atoms with Crippen LogP contribution in [0.25, 0.3) is 0 Å². The lowest BCUT2D eigenvalue weighted by Crippen LogP contribution is -2.42. The molecule has 0 unspecified atom stereocenters. The fourth-order valence-corrected chi connectivity index (χ4v) is 3.58. The van der Waals surface area contributed by atoms with Crippen LogP contribution in [0.4, 0.5) is 4.79 Å². The fraction of sp³-hybridized carbons (Fsp3) is 0.500. The van der Waals surface area contributed by atoms with E-state index in [1.165, 1.54) is 30.4 Å². The number of nitrogens with one attached hydrogen (secondary N) is 2. The van der Waals surface area contributed by atoms with Crippen LogP contribution in [0.15, 0.2) is 30.3 Å². The first-order chi connectivity index (χ1) is 12.1. The number of hydrogen-bond acceptors (Lipinski definition) is 2. The Morgan fingerprint density at radius 1 is 1.28 bits per heavy atom. The van der Waals surface area contributed by atoms with Gasteiger partial charge < -0.3 is 10.6 Å². The van der Waals surface area contributed by atoms with Gasteiger partial charge in [0.25, 0.3) is 0 Å². The van der Waals surface area contributed by atoms with Gasteiger partial charge in [-0.15, -0.1) is 0 Å². The smallest absolute Gasteiger partial charge is 0.315 e. The maximum absolute atomic E-state index is 12.4. The van der Waals surface area contributed by atoms with E-state index < -0.39 is 0 Å². The molecular weight excluding hydrogens is 312 g/mol. The van der Waals surface area contributed by atoms with Crippen LogP contribution in [0.3, 0.4) is 0 Å². The van der Waals surface area contributed by atoms with Crippen LogP contribution in [-0.4, -0.2) is 22.4 Å². The summed E-state index contributed by atoms with van der Waals surface area (Å²) in [5.74, 6) is 0.552. The van der Waals surface area contributed by atoms with Crippen LogP contribution in [0.1, 0.15) is 47.8 Å². The van der Waals surface area contributed by atoms with E-state index in [0.717, 1.165) is 17.8 Å². The number of amides is 2. The van der Waals surface area contributed by atoms with E-state index >= 15 is 0 Å². The first-order valence-electron chi connectivity index (χ1n) is 9.14. The first kappa shape index (κ1) is 17.5. The second kappa shape index (κ2) is 7.72. The van der Waals surface area contributed by atoms with Crippen molar-refractivity contribution < 1.29 is 4.79 Å². The van der Waals surface area contributed by atoms with E-state index in [-0.39, 0.29) is 12.1 Å². The average molecular weight is 340 g/mol. The molecule has 1 fully saturated rings. The molecule has 2 aromatic rings. The molecule has 0 radical (unpaired) electrons. The second-order valence-electron chi connectivity index (χ2n) is 7.00. The molecule has 1 aromatic carbocycles. The van der Waals surface area contributed by atoms with Gasteiger partial charge in [0.15, 0.2) is 0 Å². The SMILES string of the molecule is Cc1nn(C)c(C)c1CCNC(=O)N[C@@H](c1ccccc1)C1CCC1. The van der Waals surface area contributed by atoms with Gasteiger partial charge in [-0.25, -0.2) is 4.79 Å². The number of urea groups is 1. The summed E-state index contributed by atoms with van der Waals surface area (Å²) in [5, 5.41) is 10.6. The summed E-state index contributed by atoms with van der Waals surface area (Å²) in [5.41, 5.74) is 4.62. The van der Waals surface area contributed by atoms with Crippen molar-refractivity contribution in [3.63, 3.8) is 0 Å². The topological polar surface area (TPSA) is 59.0 Å². The molecule has 1 aliphatic rings. The van der Waals surface area contributed by atoms with E-state index in [9.17, 15) is 4.79 Å². The van der Waals surface area contributed by atoms with Gasteiger partial charge in [-0.3, -0.25) is 4.68 Å². The molecule has 1 aliphatic carbocycles. The zero-order valence-corrected chi connectivity index (χ0v) is 15.4. The standard InChI is InChI=1S/C20H28N4O/c1-14-18(15(2)24(3)23-14)12-13-21-20(25)22-19(17-10-7-11-17)16-8-5-4-6-9-16/h4-6,8-9,17,19H,7,10-13H2,1-3H3,(H2,21,22,25)/t19-/m0/s1. The van der Waals surface area contributed by atoms with Crippen molar-refractivity contribution in [2.75, 3.05) is 6.54 Å². The fourth-order valence-electron chi connectivity index (χ4n) is 3.58. The summed E-state index contributed by atoms with van der Waals surface area (Å²) >= 11 is 0. The largest absolute Gasteiger partial charge is 0.338 e. The van der Waals surface area contributed by atoms with Gasteiger partial charge in [0.2, 0.25) is 0 Å². The van der Waals surface area contributed by atoms with Gasteiger partial charge in [-0.1, -0.05) is 36.8 Å². The third kappa shape index (κ3) is 4.03. The van der Waals surface area contributed by atoms with Crippen molar-refractivity contribution in [1.29, 1.82) is 0 Å². The molecule has 2 N–H and O–H groups in total. The van der Waals surface area contributed by atoms with Crippen molar-refractivity contribution in [3.8, 4) is 0 Å². The van der Waals surface area contributed by atoms with Crippen molar-refractivity contribution >= 4 is 6.03 Å². The van der Waals surface area contributed by atoms with Crippen LogP contribution in [0.5, 0.6) is 0 Å². The zero-order chi connectivity index (χ0) is 17.8. The van der Waals surface area contributed by atoms with Gasteiger partial charge in [0, 0.05) is 19.3 Å². The molecular formula is C20H28N4O. The number of aryl methyl sites for hydroxylation is 2. The van der Waals surface area contributed by atoms with Gasteiger partial charge in [-0.2, -0.15) is 5.10 Å². The first-order valence-corrected chi connectivity index (χ1v) is 9.14. The molecule has 0 bridgehead atoms. The van der Waals surface area contributed by atoms with E-state index in [1.54, 1.807) is 0 Å². The molecule has 0 saturated heterocycles. The molecule has 1 heterocycles. The molecule has 134 valence electrons. The van der Waals surface area contributed by atoms with E-state index in [2.05, 4.69) is 34.8 Å². The normalized spacial score (nSPS) is 15.5. The Morgan fingerprint density at radius 3 is 2.56 bits per heavy atom. The lowest BCUT2D eigenvalue weighted by molar-refractivity contribution is 0.208. The maximum Gasteiger partial charge on any atom is 0.315 e. The number of benzene rings is 1. The lowest BCUT2D eigenvalue weighted by atomic mass is 9.77. The Morgan fingerprint density at radius 2 is 2.00 bits per heavy atom. The highest BCUT2D eigenvalue weighted by Crippen LogP contribution is 2.37. The van der Waals surface area contributed by atoms with Crippen LogP contribution in [0, 0.1) is 19.8 Å². The number of aromatic nitrogens is 2. The second-order valence-corrected chi connectivity index (χ2v) is 7.00. The predicted octanol–water partition coefficient (Wildman–Crippen LogP) is 3.42.